The van der Waals surface area contributed by atoms with Crippen molar-refractivity contribution in [2.75, 3.05) is 0 Å². The van der Waals surface area contributed by atoms with Gasteiger partial charge in [-0.3, -0.25) is 0 Å². The minimum Gasteiger partial charge on any atom is -0.478 e. The van der Waals surface area contributed by atoms with E-state index in [0.29, 0.717) is 5.57 Å². The Labute approximate surface area is 103 Å². The lowest BCUT2D eigenvalue weighted by Crippen LogP contribution is -2.26. The molecule has 1 N–H and O–H groups in total. The van der Waals surface area contributed by atoms with Gasteiger partial charge in [-0.25, -0.2) is 4.79 Å². The number of hydrogen-bond donors (Lipinski definition) is 1. The number of carbonyl (C=O) groups is 1. The molecule has 0 radical (unpaired) electrons. The van der Waals surface area contributed by atoms with Gasteiger partial charge in [-0.1, -0.05) is 25.2 Å². The summed E-state index contributed by atoms with van der Waals surface area (Å²) in [4.78, 5) is 10.7. The quantitative estimate of drug-likeness (QED) is 0.593. The summed E-state index contributed by atoms with van der Waals surface area (Å²) in [6.07, 6.45) is 7.74. The van der Waals surface area contributed by atoms with Gasteiger partial charge < -0.3 is 5.11 Å². The first-order valence-electron chi connectivity index (χ1n) is 6.54. The molecule has 2 bridgehead atoms. The van der Waals surface area contributed by atoms with Crippen LogP contribution in [0.25, 0.3) is 0 Å². The van der Waals surface area contributed by atoms with Gasteiger partial charge in [-0.2, -0.15) is 0 Å². The van der Waals surface area contributed by atoms with E-state index < -0.39 is 5.97 Å². The van der Waals surface area contributed by atoms with Crippen molar-refractivity contribution in [2.45, 2.75) is 46.0 Å². The van der Waals surface area contributed by atoms with Gasteiger partial charge in [0.2, 0.25) is 0 Å². The molecule has 0 unspecified atom stereocenters. The smallest absolute Gasteiger partial charge is 0.330 e. The van der Waals surface area contributed by atoms with E-state index >= 15 is 0 Å². The van der Waals surface area contributed by atoms with E-state index in [1.54, 1.807) is 6.92 Å². The van der Waals surface area contributed by atoms with Crippen molar-refractivity contribution in [1.29, 1.82) is 0 Å². The molecule has 0 heterocycles. The van der Waals surface area contributed by atoms with Gasteiger partial charge in [0, 0.05) is 5.57 Å². The van der Waals surface area contributed by atoms with Crippen LogP contribution in [0.5, 0.6) is 0 Å². The summed E-state index contributed by atoms with van der Waals surface area (Å²) in [5, 5.41) is 8.81. The summed E-state index contributed by atoms with van der Waals surface area (Å²) in [5.74, 6) is 0.731. The van der Waals surface area contributed by atoms with E-state index in [9.17, 15) is 4.79 Å². The SMILES string of the molecule is C=C1[C@H]2CC[C@H](C2)[C@]1(C)CC/C=C(\C)C(=O)O. The first kappa shape index (κ1) is 12.4. The molecule has 17 heavy (non-hydrogen) atoms. The number of allylic oxidation sites excluding steroid dienone is 2. The largest absolute Gasteiger partial charge is 0.478 e. The van der Waals surface area contributed by atoms with Gasteiger partial charge in [0.15, 0.2) is 0 Å². The number of fused-ring (bicyclic) bond motifs is 2. The van der Waals surface area contributed by atoms with Crippen LogP contribution in [0.3, 0.4) is 0 Å². The molecule has 2 aliphatic carbocycles. The Balaban J connectivity index is 1.97. The molecule has 2 nitrogen and oxygen atoms in total. The second-order valence-corrected chi connectivity index (χ2v) is 5.88. The Morgan fingerprint density at radius 3 is 2.82 bits per heavy atom. The minimum atomic E-state index is -0.804. The van der Waals surface area contributed by atoms with Gasteiger partial charge in [0.25, 0.3) is 0 Å². The molecule has 0 aliphatic heterocycles. The second-order valence-electron chi connectivity index (χ2n) is 5.88. The third-order valence-electron chi connectivity index (χ3n) is 5.01. The van der Waals surface area contributed by atoms with Crippen LogP contribution in [0.4, 0.5) is 0 Å². The van der Waals surface area contributed by atoms with Gasteiger partial charge in [-0.05, 0) is 56.3 Å². The Hall–Kier alpha value is -1.05. The third-order valence-corrected chi connectivity index (χ3v) is 5.01. The van der Waals surface area contributed by atoms with Crippen LogP contribution in [0.2, 0.25) is 0 Å². The predicted octanol–water partition coefficient (Wildman–Crippen LogP) is 3.79. The van der Waals surface area contributed by atoms with Gasteiger partial charge in [0.05, 0.1) is 0 Å². The molecule has 3 atom stereocenters. The van der Waals surface area contributed by atoms with E-state index in [-0.39, 0.29) is 5.41 Å². The topological polar surface area (TPSA) is 37.3 Å². The Morgan fingerprint density at radius 1 is 1.59 bits per heavy atom. The average molecular weight is 234 g/mol. The number of carboxylic acids is 1. The number of rotatable bonds is 4. The summed E-state index contributed by atoms with van der Waals surface area (Å²) in [6, 6.07) is 0. The van der Waals surface area contributed by atoms with Gasteiger partial charge in [0.1, 0.15) is 0 Å². The maximum Gasteiger partial charge on any atom is 0.330 e. The number of carboxylic acid groups (broad SMARTS) is 1. The molecule has 0 aromatic heterocycles. The lowest BCUT2D eigenvalue weighted by molar-refractivity contribution is -0.132. The molecule has 2 aliphatic rings. The zero-order valence-corrected chi connectivity index (χ0v) is 10.8. The van der Waals surface area contributed by atoms with Crippen LogP contribution in [0.1, 0.15) is 46.0 Å². The van der Waals surface area contributed by atoms with Crippen LogP contribution in [0.15, 0.2) is 23.8 Å². The van der Waals surface area contributed by atoms with Crippen LogP contribution in [0, 0.1) is 17.3 Å². The van der Waals surface area contributed by atoms with E-state index in [1.807, 2.05) is 6.08 Å². The first-order chi connectivity index (χ1) is 7.95. The number of hydrogen-bond acceptors (Lipinski definition) is 1. The highest BCUT2D eigenvalue weighted by Crippen LogP contribution is 2.60. The van der Waals surface area contributed by atoms with Crippen LogP contribution in [-0.2, 0) is 4.79 Å². The van der Waals surface area contributed by atoms with E-state index in [4.69, 9.17) is 5.11 Å². The lowest BCUT2D eigenvalue weighted by Gasteiger charge is -2.36. The molecule has 0 aromatic rings. The van der Waals surface area contributed by atoms with Crippen molar-refractivity contribution in [3.8, 4) is 0 Å². The van der Waals surface area contributed by atoms with Crippen molar-refractivity contribution in [2.24, 2.45) is 17.3 Å². The van der Waals surface area contributed by atoms with Crippen molar-refractivity contribution >= 4 is 5.97 Å². The molecule has 94 valence electrons. The zero-order chi connectivity index (χ0) is 12.6. The fourth-order valence-electron chi connectivity index (χ4n) is 3.65. The molecule has 0 amide bonds. The monoisotopic (exact) mass is 234 g/mol. The van der Waals surface area contributed by atoms with Crippen molar-refractivity contribution < 1.29 is 9.90 Å². The van der Waals surface area contributed by atoms with Crippen LogP contribution >= 0.6 is 0 Å². The minimum absolute atomic E-state index is 0.262. The van der Waals surface area contributed by atoms with Crippen molar-refractivity contribution in [1.82, 2.24) is 0 Å². The Morgan fingerprint density at radius 2 is 2.29 bits per heavy atom. The molecule has 2 rings (SSSR count). The fraction of sp³-hybridized carbons (Fsp3) is 0.667. The summed E-state index contributed by atoms with van der Waals surface area (Å²) < 4.78 is 0. The normalized spacial score (nSPS) is 36.6. The van der Waals surface area contributed by atoms with Crippen LogP contribution in [-0.4, -0.2) is 11.1 Å². The van der Waals surface area contributed by atoms with E-state index in [0.717, 1.165) is 24.7 Å². The Bertz CT molecular complexity index is 380. The second kappa shape index (κ2) is 4.32. The standard InChI is InChI=1S/C15H22O2/c1-10(14(16)17)5-4-8-15(3)11(2)12-6-7-13(15)9-12/h5,12-13H,2,4,6-9H2,1,3H3,(H,16,17)/b10-5+/t12-,13+,15+/m0/s1. The lowest BCUT2D eigenvalue weighted by atomic mass is 9.69. The molecule has 2 fully saturated rings. The summed E-state index contributed by atoms with van der Waals surface area (Å²) in [7, 11) is 0. The fourth-order valence-corrected chi connectivity index (χ4v) is 3.65. The molecule has 0 aromatic carbocycles. The molecule has 0 saturated heterocycles. The highest BCUT2D eigenvalue weighted by atomic mass is 16.4. The van der Waals surface area contributed by atoms with Gasteiger partial charge in [-0.15, -0.1) is 0 Å². The summed E-state index contributed by atoms with van der Waals surface area (Å²) >= 11 is 0. The first-order valence-corrected chi connectivity index (χ1v) is 6.54. The molecule has 2 heteroatoms. The van der Waals surface area contributed by atoms with Gasteiger partial charge >= 0.3 is 5.97 Å². The number of aliphatic carboxylic acids is 1. The summed E-state index contributed by atoms with van der Waals surface area (Å²) in [5.41, 5.74) is 2.15. The highest BCUT2D eigenvalue weighted by Gasteiger charge is 2.49. The molecular formula is C15H22O2. The maximum atomic E-state index is 10.7. The van der Waals surface area contributed by atoms with E-state index in [2.05, 4.69) is 13.5 Å². The van der Waals surface area contributed by atoms with Crippen LogP contribution < -0.4 is 0 Å². The summed E-state index contributed by atoms with van der Waals surface area (Å²) in [6.45, 7) is 8.28. The van der Waals surface area contributed by atoms with E-state index in [1.165, 1.54) is 24.8 Å². The molecule has 2 saturated carbocycles. The average Bonchev–Trinajstić information content (AvgIpc) is 2.83. The van der Waals surface area contributed by atoms with Crippen molar-refractivity contribution in [3.05, 3.63) is 23.8 Å². The van der Waals surface area contributed by atoms with Crippen molar-refractivity contribution in [3.63, 3.8) is 0 Å². The Kier molecular flexibility index (Phi) is 3.15. The molecule has 0 spiro atoms. The third kappa shape index (κ3) is 2.05. The zero-order valence-electron chi connectivity index (χ0n) is 10.8. The predicted molar refractivity (Wildman–Crippen MR) is 68.7 cm³/mol. The molecular weight excluding hydrogens is 212 g/mol. The highest BCUT2D eigenvalue weighted by molar-refractivity contribution is 5.85. The maximum absolute atomic E-state index is 10.7.